The first-order chi connectivity index (χ1) is 10.3. The quantitative estimate of drug-likeness (QED) is 0.773. The van der Waals surface area contributed by atoms with Gasteiger partial charge in [0.1, 0.15) is 0 Å². The standard InChI is InChI=1S/C14H20N6O2/c1-7(2)20-13-15-11-10(19(13)9(4)8(3)16-20)12(21)18(6)14(22)17(11)5/h7,9H,1-6H3/t9-/m0/s1. The van der Waals surface area contributed by atoms with Crippen LogP contribution in [-0.4, -0.2) is 30.4 Å². The Morgan fingerprint density at radius 2 is 1.77 bits per heavy atom. The molecule has 1 aliphatic rings. The van der Waals surface area contributed by atoms with Gasteiger partial charge in [0.15, 0.2) is 11.2 Å². The summed E-state index contributed by atoms with van der Waals surface area (Å²) in [5.74, 6) is 0.599. The van der Waals surface area contributed by atoms with Gasteiger partial charge in [0.2, 0.25) is 5.95 Å². The number of hydrazone groups is 1. The molecule has 3 rings (SSSR count). The molecule has 0 radical (unpaired) electrons. The van der Waals surface area contributed by atoms with Gasteiger partial charge in [-0.1, -0.05) is 0 Å². The van der Waals surface area contributed by atoms with Crippen molar-refractivity contribution in [1.82, 2.24) is 18.7 Å². The van der Waals surface area contributed by atoms with Gasteiger partial charge >= 0.3 is 5.69 Å². The third-order valence-corrected chi connectivity index (χ3v) is 4.22. The highest BCUT2D eigenvalue weighted by atomic mass is 16.2. The van der Waals surface area contributed by atoms with Crippen LogP contribution in [0.5, 0.6) is 0 Å². The Bertz CT molecular complexity index is 914. The SMILES string of the molecule is CC1=NN(C(C)C)c2nc3c(c(=O)n(C)c(=O)n3C)n2[C@H]1C. The van der Waals surface area contributed by atoms with E-state index in [1.165, 1.54) is 11.6 Å². The molecule has 0 bridgehead atoms. The third-order valence-electron chi connectivity index (χ3n) is 4.22. The van der Waals surface area contributed by atoms with Gasteiger partial charge in [0.05, 0.1) is 17.8 Å². The number of hydrogen-bond acceptors (Lipinski definition) is 5. The van der Waals surface area contributed by atoms with Gasteiger partial charge in [0.25, 0.3) is 5.56 Å². The summed E-state index contributed by atoms with van der Waals surface area (Å²) in [6, 6.07) is 0.0131. The smallest absolute Gasteiger partial charge is 0.294 e. The van der Waals surface area contributed by atoms with Crippen molar-refractivity contribution in [3.63, 3.8) is 0 Å². The molecule has 0 saturated heterocycles. The van der Waals surface area contributed by atoms with Gasteiger partial charge in [-0.2, -0.15) is 10.1 Å². The first kappa shape index (κ1) is 14.6. The molecule has 8 nitrogen and oxygen atoms in total. The Hall–Kier alpha value is -2.38. The number of nitrogens with zero attached hydrogens (tertiary/aromatic N) is 6. The topological polar surface area (TPSA) is 77.4 Å². The van der Waals surface area contributed by atoms with E-state index in [4.69, 9.17) is 0 Å². The van der Waals surface area contributed by atoms with Crippen molar-refractivity contribution in [2.75, 3.05) is 5.01 Å². The molecule has 0 fully saturated rings. The molecule has 0 saturated carbocycles. The van der Waals surface area contributed by atoms with Crippen molar-refractivity contribution in [2.45, 2.75) is 39.8 Å². The first-order valence-corrected chi connectivity index (χ1v) is 7.28. The maximum atomic E-state index is 12.6. The van der Waals surface area contributed by atoms with E-state index in [0.29, 0.717) is 17.1 Å². The molecule has 2 aromatic rings. The molecule has 0 spiro atoms. The first-order valence-electron chi connectivity index (χ1n) is 7.28. The molecule has 3 heterocycles. The molecule has 118 valence electrons. The molecule has 0 aliphatic carbocycles. The highest BCUT2D eigenvalue weighted by Gasteiger charge is 2.31. The minimum Gasteiger partial charge on any atom is -0.294 e. The van der Waals surface area contributed by atoms with Crippen LogP contribution in [0.1, 0.15) is 33.7 Å². The number of hydrogen-bond donors (Lipinski definition) is 0. The molecule has 8 heteroatoms. The van der Waals surface area contributed by atoms with Crippen molar-refractivity contribution >= 4 is 22.8 Å². The number of aromatic nitrogens is 4. The lowest BCUT2D eigenvalue weighted by Crippen LogP contribution is -2.39. The highest BCUT2D eigenvalue weighted by Crippen LogP contribution is 2.30. The molecule has 22 heavy (non-hydrogen) atoms. The number of aryl methyl sites for hydroxylation is 1. The van der Waals surface area contributed by atoms with E-state index in [2.05, 4.69) is 10.1 Å². The fourth-order valence-electron chi connectivity index (χ4n) is 2.76. The van der Waals surface area contributed by atoms with Crippen LogP contribution in [0.3, 0.4) is 0 Å². The molecule has 0 N–H and O–H groups in total. The van der Waals surface area contributed by atoms with Crippen LogP contribution in [0.25, 0.3) is 11.2 Å². The summed E-state index contributed by atoms with van der Waals surface area (Å²) < 4.78 is 4.40. The van der Waals surface area contributed by atoms with Crippen molar-refractivity contribution < 1.29 is 0 Å². The van der Waals surface area contributed by atoms with Crippen molar-refractivity contribution in [3.05, 3.63) is 20.8 Å². The van der Waals surface area contributed by atoms with Crippen LogP contribution in [0.15, 0.2) is 14.7 Å². The Balaban J connectivity index is 2.50. The Labute approximate surface area is 127 Å². The van der Waals surface area contributed by atoms with Crippen molar-refractivity contribution in [2.24, 2.45) is 19.2 Å². The lowest BCUT2D eigenvalue weighted by molar-refractivity contribution is 0.598. The molecule has 0 amide bonds. The Morgan fingerprint density at radius 3 is 2.36 bits per heavy atom. The largest absolute Gasteiger partial charge is 0.332 e. The lowest BCUT2D eigenvalue weighted by Gasteiger charge is -2.31. The molecular formula is C14H20N6O2. The van der Waals surface area contributed by atoms with Crippen molar-refractivity contribution in [1.29, 1.82) is 0 Å². The average Bonchev–Trinajstić information content (AvgIpc) is 2.87. The third kappa shape index (κ3) is 1.69. The van der Waals surface area contributed by atoms with Gasteiger partial charge in [-0.25, -0.2) is 9.80 Å². The lowest BCUT2D eigenvalue weighted by atomic mass is 10.2. The monoisotopic (exact) mass is 304 g/mol. The maximum absolute atomic E-state index is 12.6. The molecule has 2 aromatic heterocycles. The summed E-state index contributed by atoms with van der Waals surface area (Å²) in [5, 5.41) is 6.36. The molecular weight excluding hydrogens is 284 g/mol. The summed E-state index contributed by atoms with van der Waals surface area (Å²) in [5.41, 5.74) is 1.02. The minimum atomic E-state index is -0.380. The van der Waals surface area contributed by atoms with Gasteiger partial charge in [-0.05, 0) is 27.7 Å². The van der Waals surface area contributed by atoms with Gasteiger partial charge in [-0.3, -0.25) is 18.5 Å². The highest BCUT2D eigenvalue weighted by molar-refractivity contribution is 5.91. The van der Waals surface area contributed by atoms with E-state index in [1.54, 1.807) is 12.1 Å². The van der Waals surface area contributed by atoms with Gasteiger partial charge in [-0.15, -0.1) is 0 Å². The Morgan fingerprint density at radius 1 is 1.14 bits per heavy atom. The van der Waals surface area contributed by atoms with Crippen LogP contribution in [0, 0.1) is 0 Å². The fourth-order valence-corrected chi connectivity index (χ4v) is 2.76. The number of anilines is 1. The molecule has 0 unspecified atom stereocenters. The molecule has 0 aromatic carbocycles. The van der Waals surface area contributed by atoms with E-state index in [0.717, 1.165) is 10.3 Å². The average molecular weight is 304 g/mol. The second kappa shape index (κ2) is 4.56. The zero-order valence-corrected chi connectivity index (χ0v) is 13.7. The normalized spacial score (nSPS) is 18.0. The summed E-state index contributed by atoms with van der Waals surface area (Å²) in [6.45, 7) is 7.92. The van der Waals surface area contributed by atoms with E-state index in [9.17, 15) is 9.59 Å². The van der Waals surface area contributed by atoms with Crippen LogP contribution in [-0.2, 0) is 14.1 Å². The van der Waals surface area contributed by atoms with Crippen LogP contribution in [0.2, 0.25) is 0 Å². The second-order valence-corrected chi connectivity index (χ2v) is 6.02. The van der Waals surface area contributed by atoms with E-state index < -0.39 is 0 Å². The van der Waals surface area contributed by atoms with Crippen LogP contribution in [0.4, 0.5) is 5.95 Å². The summed E-state index contributed by atoms with van der Waals surface area (Å²) in [7, 11) is 3.11. The maximum Gasteiger partial charge on any atom is 0.332 e. The van der Waals surface area contributed by atoms with Gasteiger partial charge < -0.3 is 0 Å². The molecule has 1 aliphatic heterocycles. The minimum absolute atomic E-state index is 0.0831. The Kier molecular flexibility index (Phi) is 3.01. The van der Waals surface area contributed by atoms with Crippen molar-refractivity contribution in [3.8, 4) is 0 Å². The zero-order chi connectivity index (χ0) is 16.3. The zero-order valence-electron chi connectivity index (χ0n) is 13.7. The summed E-state index contributed by atoms with van der Waals surface area (Å²) in [4.78, 5) is 29.2. The predicted octanol–water partition coefficient (Wildman–Crippen LogP) is 0.599. The number of fused-ring (bicyclic) bond motifs is 3. The van der Waals surface area contributed by atoms with Crippen LogP contribution >= 0.6 is 0 Å². The van der Waals surface area contributed by atoms with Crippen LogP contribution < -0.4 is 16.3 Å². The fraction of sp³-hybridized carbons (Fsp3) is 0.571. The van der Waals surface area contributed by atoms with Gasteiger partial charge in [0, 0.05) is 14.1 Å². The molecule has 1 atom stereocenters. The summed E-state index contributed by atoms with van der Waals surface area (Å²) >= 11 is 0. The number of rotatable bonds is 1. The number of imidazole rings is 1. The predicted molar refractivity (Wildman–Crippen MR) is 85.7 cm³/mol. The second-order valence-electron chi connectivity index (χ2n) is 6.02. The summed E-state index contributed by atoms with van der Waals surface area (Å²) in [6.07, 6.45) is 0. The van der Waals surface area contributed by atoms with E-state index in [1.807, 2.05) is 32.3 Å². The van der Waals surface area contributed by atoms with E-state index >= 15 is 0 Å². The van der Waals surface area contributed by atoms with E-state index in [-0.39, 0.29) is 23.3 Å².